The molecule has 0 saturated heterocycles. The molecule has 1 heterocycles. The number of nitrogens with zero attached hydrogens (tertiary/aromatic N) is 2. The number of fused-ring (bicyclic) bond motifs is 7. The van der Waals surface area contributed by atoms with E-state index < -0.39 is 0 Å². The van der Waals surface area contributed by atoms with Crippen molar-refractivity contribution in [3.8, 4) is 22.3 Å². The largest absolute Gasteiger partial charge is 0.309 e. The highest BCUT2D eigenvalue weighted by atomic mass is 35.5. The van der Waals surface area contributed by atoms with E-state index in [9.17, 15) is 0 Å². The summed E-state index contributed by atoms with van der Waals surface area (Å²) >= 11 is 10.1. The van der Waals surface area contributed by atoms with Crippen molar-refractivity contribution in [2.24, 2.45) is 0 Å². The third kappa shape index (κ3) is 10.3. The summed E-state index contributed by atoms with van der Waals surface area (Å²) in [4.78, 5) is 4.80. The third-order valence-corrected chi connectivity index (χ3v) is 17.7. The number of benzene rings is 10. The minimum absolute atomic E-state index is 0.000893. The molecule has 0 aliphatic carbocycles. The molecule has 0 atom stereocenters. The molecule has 0 bridgehead atoms. The van der Waals surface area contributed by atoms with Crippen molar-refractivity contribution in [2.45, 2.75) is 131 Å². The van der Waals surface area contributed by atoms with Crippen LogP contribution >= 0.6 is 22.9 Å². The standard InChI is InChI=1S/C76H77ClN2S/c1-72(2,3)51-30-36-57(37-31-51)78(56-34-27-48(28-35-56)50-41-54(75(10,11)12)44-55(42-50)76(13,14)15)67-25-20-26-68(71(67)77)79(69-47-80-70-40-33-53(46-65(69)70)74(7,8)9)66-39-32-52(73(4,5)6)45-63(66)49-29-38-62-60-23-17-16-21-58(60)59-22-18-19-24-61(59)64(62)43-49/h16-47H,1-15H3. The fraction of sp³-hybridized carbons (Fsp3) is 0.263. The van der Waals surface area contributed by atoms with Gasteiger partial charge in [0.15, 0.2) is 0 Å². The Kier molecular flexibility index (Phi) is 13.8. The Morgan fingerprint density at radius 2 is 0.750 bits per heavy atom. The summed E-state index contributed by atoms with van der Waals surface area (Å²) in [5, 5.41) is 11.7. The van der Waals surface area contributed by atoms with E-state index in [-0.39, 0.29) is 27.1 Å². The molecule has 11 aromatic rings. The van der Waals surface area contributed by atoms with Crippen LogP contribution in [0.15, 0.2) is 193 Å². The van der Waals surface area contributed by atoms with E-state index in [1.54, 1.807) is 11.3 Å². The van der Waals surface area contributed by atoms with Crippen LogP contribution in [-0.4, -0.2) is 0 Å². The summed E-state index contributed by atoms with van der Waals surface area (Å²) < 4.78 is 1.23. The lowest BCUT2D eigenvalue weighted by molar-refractivity contribution is 0.569. The lowest BCUT2D eigenvalue weighted by Crippen LogP contribution is -2.17. The molecule has 0 N–H and O–H groups in total. The molecule has 0 aliphatic heterocycles. The van der Waals surface area contributed by atoms with Gasteiger partial charge < -0.3 is 9.80 Å². The van der Waals surface area contributed by atoms with E-state index in [2.05, 4.69) is 307 Å². The molecular formula is C76H77ClN2S. The maximum atomic E-state index is 8.29. The number of thiophene rings is 1. The lowest BCUT2D eigenvalue weighted by Gasteiger charge is -2.33. The van der Waals surface area contributed by atoms with Gasteiger partial charge in [0, 0.05) is 32.4 Å². The first-order valence-electron chi connectivity index (χ1n) is 28.5. The van der Waals surface area contributed by atoms with E-state index >= 15 is 0 Å². The predicted octanol–water partition coefficient (Wildman–Crippen LogP) is 23.8. The molecule has 0 spiro atoms. The molecule has 11 rings (SSSR count). The zero-order valence-electron chi connectivity index (χ0n) is 49.7. The van der Waals surface area contributed by atoms with Gasteiger partial charge in [-0.25, -0.2) is 0 Å². The number of hydrogen-bond donors (Lipinski definition) is 0. The highest BCUT2D eigenvalue weighted by Crippen LogP contribution is 2.53. The van der Waals surface area contributed by atoms with Crippen LogP contribution in [0.25, 0.3) is 64.7 Å². The van der Waals surface area contributed by atoms with E-state index in [0.717, 1.165) is 45.3 Å². The van der Waals surface area contributed by atoms with Crippen LogP contribution in [-0.2, 0) is 27.1 Å². The second-order valence-electron chi connectivity index (χ2n) is 27.3. The van der Waals surface area contributed by atoms with Crippen molar-refractivity contribution in [1.29, 1.82) is 0 Å². The minimum Gasteiger partial charge on any atom is -0.309 e. The maximum Gasteiger partial charge on any atom is 0.0887 e. The predicted molar refractivity (Wildman–Crippen MR) is 353 cm³/mol. The first-order valence-corrected chi connectivity index (χ1v) is 29.8. The number of anilines is 6. The van der Waals surface area contributed by atoms with E-state index in [0.29, 0.717) is 5.02 Å². The molecule has 4 heteroatoms. The Bertz CT molecular complexity index is 4070. The van der Waals surface area contributed by atoms with Gasteiger partial charge in [-0.1, -0.05) is 237 Å². The van der Waals surface area contributed by atoms with Crippen molar-refractivity contribution < 1.29 is 0 Å². The summed E-state index contributed by atoms with van der Waals surface area (Å²) in [6, 6.07) is 70.9. The van der Waals surface area contributed by atoms with Crippen molar-refractivity contribution in [3.63, 3.8) is 0 Å². The quantitative estimate of drug-likeness (QED) is 0.140. The smallest absolute Gasteiger partial charge is 0.0887 e. The second-order valence-corrected chi connectivity index (χ2v) is 28.6. The fourth-order valence-electron chi connectivity index (χ4n) is 11.4. The number of rotatable bonds is 8. The molecule has 1 aromatic heterocycles. The Morgan fingerprint density at radius 1 is 0.300 bits per heavy atom. The van der Waals surface area contributed by atoms with Crippen molar-refractivity contribution in [3.05, 3.63) is 226 Å². The van der Waals surface area contributed by atoms with Crippen LogP contribution in [0.3, 0.4) is 0 Å². The molecule has 2 nitrogen and oxygen atoms in total. The Balaban J connectivity index is 1.16. The van der Waals surface area contributed by atoms with Crippen molar-refractivity contribution in [2.75, 3.05) is 9.80 Å². The average molecular weight is 1090 g/mol. The van der Waals surface area contributed by atoms with Gasteiger partial charge in [-0.3, -0.25) is 0 Å². The molecule has 0 aliphatic rings. The highest BCUT2D eigenvalue weighted by molar-refractivity contribution is 7.17. The van der Waals surface area contributed by atoms with Gasteiger partial charge in [-0.05, 0) is 171 Å². The van der Waals surface area contributed by atoms with Crippen LogP contribution in [0.5, 0.6) is 0 Å². The van der Waals surface area contributed by atoms with Crippen LogP contribution in [0, 0.1) is 0 Å². The number of halogens is 1. The first kappa shape index (κ1) is 54.8. The molecule has 0 fully saturated rings. The van der Waals surface area contributed by atoms with Gasteiger partial charge in [0.05, 0.1) is 27.8 Å². The van der Waals surface area contributed by atoms with Gasteiger partial charge in [0.2, 0.25) is 0 Å². The minimum atomic E-state index is -0.116. The molecule has 10 aromatic carbocycles. The Labute approximate surface area is 485 Å². The van der Waals surface area contributed by atoms with E-state index in [1.807, 2.05) is 0 Å². The maximum absolute atomic E-state index is 8.29. The van der Waals surface area contributed by atoms with Crippen molar-refractivity contribution >= 4 is 99.5 Å². The SMILES string of the molecule is CC(C)(C)c1ccc(N(c2ccc(-c3cc(C(C)(C)C)cc(C(C)(C)C)c3)cc2)c2cccc(N(c3ccc(C(C)(C)C)cc3-c3ccc4c5ccccc5c5ccccc5c4c3)c3csc4ccc(C(C)(C)C)cc34)c2Cl)cc1. The topological polar surface area (TPSA) is 6.48 Å². The molecule has 80 heavy (non-hydrogen) atoms. The summed E-state index contributed by atoms with van der Waals surface area (Å²) in [6.07, 6.45) is 0. The Hall–Kier alpha value is -7.17. The van der Waals surface area contributed by atoms with Gasteiger partial charge in [-0.15, -0.1) is 11.3 Å². The molecule has 404 valence electrons. The zero-order valence-corrected chi connectivity index (χ0v) is 51.2. The fourth-order valence-corrected chi connectivity index (χ4v) is 12.6. The van der Waals surface area contributed by atoms with E-state index in [4.69, 9.17) is 11.6 Å². The highest BCUT2D eigenvalue weighted by Gasteiger charge is 2.29. The van der Waals surface area contributed by atoms with Gasteiger partial charge >= 0.3 is 0 Å². The van der Waals surface area contributed by atoms with E-state index in [1.165, 1.54) is 81.3 Å². The lowest BCUT2D eigenvalue weighted by atomic mass is 9.79. The average Bonchev–Trinajstić information content (AvgIpc) is 3.85. The third-order valence-electron chi connectivity index (χ3n) is 16.4. The summed E-state index contributed by atoms with van der Waals surface area (Å²) in [7, 11) is 0. The van der Waals surface area contributed by atoms with Gasteiger partial charge in [-0.2, -0.15) is 0 Å². The molecule has 0 radical (unpaired) electrons. The molecule has 0 saturated carbocycles. The van der Waals surface area contributed by atoms with Gasteiger partial charge in [0.1, 0.15) is 0 Å². The summed E-state index contributed by atoms with van der Waals surface area (Å²) in [6.45, 7) is 34.5. The van der Waals surface area contributed by atoms with Gasteiger partial charge in [0.25, 0.3) is 0 Å². The normalized spacial score (nSPS) is 12.8. The second kappa shape index (κ2) is 20.1. The van der Waals surface area contributed by atoms with Crippen molar-refractivity contribution in [1.82, 2.24) is 0 Å². The Morgan fingerprint density at radius 3 is 1.29 bits per heavy atom. The van der Waals surface area contributed by atoms with Crippen LogP contribution in [0.4, 0.5) is 34.1 Å². The molecule has 0 amide bonds. The number of hydrogen-bond acceptors (Lipinski definition) is 3. The molecule has 0 unspecified atom stereocenters. The summed E-state index contributed by atoms with van der Waals surface area (Å²) in [5.41, 5.74) is 17.0. The summed E-state index contributed by atoms with van der Waals surface area (Å²) in [5.74, 6) is 0. The van der Waals surface area contributed by atoms with Crippen LogP contribution < -0.4 is 9.80 Å². The monoisotopic (exact) mass is 1080 g/mol. The van der Waals surface area contributed by atoms with Crippen LogP contribution in [0.1, 0.15) is 132 Å². The first-order chi connectivity index (χ1) is 37.7. The molecular weight excluding hydrogens is 1010 g/mol. The zero-order chi connectivity index (χ0) is 56.8. The van der Waals surface area contributed by atoms with Crippen LogP contribution in [0.2, 0.25) is 5.02 Å².